The van der Waals surface area contributed by atoms with E-state index in [9.17, 15) is 0 Å². The summed E-state index contributed by atoms with van der Waals surface area (Å²) in [5.41, 5.74) is 6.92. The van der Waals surface area contributed by atoms with Gasteiger partial charge in [-0.3, -0.25) is 0 Å². The smallest absolute Gasteiger partial charge is 0.137 e. The molecule has 4 nitrogen and oxygen atoms in total. The number of hydrogen-bond acceptors (Lipinski definition) is 5. The molecule has 0 aliphatic heterocycles. The average molecular weight is 321 g/mol. The average Bonchev–Trinajstić information content (AvgIpc) is 3.34. The highest BCUT2D eigenvalue weighted by Crippen LogP contribution is 2.36. The molecule has 0 aromatic carbocycles. The van der Waals surface area contributed by atoms with Crippen molar-refractivity contribution in [2.75, 3.05) is 29.2 Å². The molecule has 2 N–H and O–H groups in total. The number of nitrogens with two attached hydrogens (primary N) is 1. The molecule has 0 unspecified atom stereocenters. The van der Waals surface area contributed by atoms with E-state index in [1.807, 2.05) is 6.92 Å². The van der Waals surface area contributed by atoms with Crippen molar-refractivity contribution >= 4 is 23.4 Å². The van der Waals surface area contributed by atoms with Crippen LogP contribution >= 0.6 is 11.8 Å². The topological polar surface area (TPSA) is 55.0 Å². The molecule has 1 aromatic heterocycles. The van der Waals surface area contributed by atoms with Crippen LogP contribution in [0.3, 0.4) is 0 Å². The molecular weight excluding hydrogens is 292 g/mol. The van der Waals surface area contributed by atoms with Crippen LogP contribution in [-0.2, 0) is 0 Å². The minimum absolute atomic E-state index is 0.595. The first-order chi connectivity index (χ1) is 10.6. The van der Waals surface area contributed by atoms with Crippen LogP contribution in [0.4, 0.5) is 11.6 Å². The summed E-state index contributed by atoms with van der Waals surface area (Å²) in [5, 5.41) is 0. The first kappa shape index (κ1) is 15.9. The van der Waals surface area contributed by atoms with Gasteiger partial charge in [-0.05, 0) is 68.8 Å². The van der Waals surface area contributed by atoms with E-state index in [2.05, 4.69) is 33.7 Å². The molecule has 0 radical (unpaired) electrons. The lowest BCUT2D eigenvalue weighted by Crippen LogP contribution is -2.36. The van der Waals surface area contributed by atoms with Crippen molar-refractivity contribution in [1.82, 2.24) is 9.97 Å². The van der Waals surface area contributed by atoms with Crippen molar-refractivity contribution < 1.29 is 0 Å². The molecule has 0 atom stereocenters. The van der Waals surface area contributed by atoms with E-state index in [1.54, 1.807) is 6.33 Å². The lowest BCUT2D eigenvalue weighted by Gasteiger charge is -2.36. The molecule has 22 heavy (non-hydrogen) atoms. The highest BCUT2D eigenvalue weighted by molar-refractivity contribution is 7.99. The van der Waals surface area contributed by atoms with Crippen LogP contribution in [0.1, 0.15) is 44.1 Å². The molecule has 0 saturated heterocycles. The van der Waals surface area contributed by atoms with Crippen LogP contribution in [0.15, 0.2) is 6.33 Å². The van der Waals surface area contributed by atoms with Gasteiger partial charge in [0.15, 0.2) is 0 Å². The lowest BCUT2D eigenvalue weighted by molar-refractivity contribution is 0.344. The summed E-state index contributed by atoms with van der Waals surface area (Å²) in [6.45, 7) is 2.02. The lowest BCUT2D eigenvalue weighted by atomic mass is 9.86. The van der Waals surface area contributed by atoms with Gasteiger partial charge in [-0.1, -0.05) is 0 Å². The Balaban J connectivity index is 1.48. The first-order valence-electron chi connectivity index (χ1n) is 8.52. The highest BCUT2D eigenvalue weighted by atomic mass is 32.2. The zero-order valence-corrected chi connectivity index (χ0v) is 14.6. The van der Waals surface area contributed by atoms with Crippen molar-refractivity contribution in [2.45, 2.75) is 51.5 Å². The molecule has 1 heterocycles. The zero-order chi connectivity index (χ0) is 15.5. The number of aromatic nitrogens is 2. The minimum atomic E-state index is 0.595. The van der Waals surface area contributed by atoms with E-state index in [4.69, 9.17) is 5.73 Å². The predicted molar refractivity (Wildman–Crippen MR) is 95.4 cm³/mol. The molecule has 122 valence electrons. The third-order valence-electron chi connectivity index (χ3n) is 5.20. The number of anilines is 2. The second-order valence-electron chi connectivity index (χ2n) is 6.97. The maximum atomic E-state index is 5.91. The van der Waals surface area contributed by atoms with Crippen LogP contribution < -0.4 is 10.6 Å². The number of rotatable bonds is 6. The van der Waals surface area contributed by atoms with E-state index >= 15 is 0 Å². The van der Waals surface area contributed by atoms with Crippen LogP contribution in [0.5, 0.6) is 0 Å². The van der Waals surface area contributed by atoms with E-state index in [1.165, 1.54) is 50.0 Å². The van der Waals surface area contributed by atoms with Crippen LogP contribution in [0, 0.1) is 18.8 Å². The van der Waals surface area contributed by atoms with Gasteiger partial charge in [-0.25, -0.2) is 9.97 Å². The minimum Gasteiger partial charge on any atom is -0.383 e. The normalized spacial score (nSPS) is 25.2. The molecule has 2 saturated carbocycles. The van der Waals surface area contributed by atoms with Gasteiger partial charge in [-0.2, -0.15) is 11.8 Å². The molecule has 0 spiro atoms. The SMILES string of the molecule is Cc1c(N)ncnc1N(C)C1CCC(CSCC2CC2)CC1. The molecule has 1 aromatic rings. The maximum absolute atomic E-state index is 5.91. The van der Waals surface area contributed by atoms with E-state index in [0.29, 0.717) is 11.9 Å². The van der Waals surface area contributed by atoms with E-state index in [-0.39, 0.29) is 0 Å². The van der Waals surface area contributed by atoms with Crippen molar-refractivity contribution in [2.24, 2.45) is 11.8 Å². The van der Waals surface area contributed by atoms with Gasteiger partial charge < -0.3 is 10.6 Å². The fourth-order valence-electron chi connectivity index (χ4n) is 3.37. The number of hydrogen-bond donors (Lipinski definition) is 1. The van der Waals surface area contributed by atoms with Crippen LogP contribution in [0.2, 0.25) is 0 Å². The summed E-state index contributed by atoms with van der Waals surface area (Å²) in [6, 6.07) is 0.595. The third-order valence-corrected chi connectivity index (χ3v) is 6.61. The van der Waals surface area contributed by atoms with Gasteiger partial charge in [0.2, 0.25) is 0 Å². The fraction of sp³-hybridized carbons (Fsp3) is 0.765. The van der Waals surface area contributed by atoms with E-state index < -0.39 is 0 Å². The summed E-state index contributed by atoms with van der Waals surface area (Å²) in [6.07, 6.45) is 9.79. The Morgan fingerprint density at radius 2 is 1.68 bits per heavy atom. The Bertz CT molecular complexity index is 495. The highest BCUT2D eigenvalue weighted by Gasteiger charge is 2.27. The van der Waals surface area contributed by atoms with Crippen molar-refractivity contribution in [3.05, 3.63) is 11.9 Å². The quantitative estimate of drug-likeness (QED) is 0.869. The molecular formula is C17H28N4S. The van der Waals surface area contributed by atoms with Gasteiger partial charge in [0, 0.05) is 18.7 Å². The van der Waals surface area contributed by atoms with Gasteiger partial charge in [0.25, 0.3) is 0 Å². The largest absolute Gasteiger partial charge is 0.383 e. The Kier molecular flexibility index (Phi) is 5.11. The standard InChI is InChI=1S/C17H28N4S/c1-12-16(18)19-11-20-17(12)21(2)15-7-5-14(6-8-15)10-22-9-13-3-4-13/h11,13-15H,3-10H2,1-2H3,(H2,18,19,20). The summed E-state index contributed by atoms with van der Waals surface area (Å²) in [7, 11) is 2.15. The predicted octanol–water partition coefficient (Wildman–Crippen LogP) is 3.51. The van der Waals surface area contributed by atoms with Gasteiger partial charge in [-0.15, -0.1) is 0 Å². The first-order valence-corrected chi connectivity index (χ1v) is 9.68. The zero-order valence-electron chi connectivity index (χ0n) is 13.8. The fourth-order valence-corrected chi connectivity index (χ4v) is 4.84. The Morgan fingerprint density at radius 3 is 2.27 bits per heavy atom. The van der Waals surface area contributed by atoms with Gasteiger partial charge >= 0.3 is 0 Å². The second-order valence-corrected chi connectivity index (χ2v) is 8.05. The number of nitrogens with zero attached hydrogens (tertiary/aromatic N) is 3. The van der Waals surface area contributed by atoms with Crippen molar-refractivity contribution in [3.8, 4) is 0 Å². The summed E-state index contributed by atoms with van der Waals surface area (Å²) in [5.74, 6) is 6.34. The molecule has 2 fully saturated rings. The van der Waals surface area contributed by atoms with Crippen molar-refractivity contribution in [1.29, 1.82) is 0 Å². The molecule has 5 heteroatoms. The monoisotopic (exact) mass is 320 g/mol. The number of nitrogen functional groups attached to an aromatic ring is 1. The van der Waals surface area contributed by atoms with Crippen LogP contribution in [0.25, 0.3) is 0 Å². The Labute approximate surface area is 138 Å². The molecule has 2 aliphatic rings. The summed E-state index contributed by atoms with van der Waals surface area (Å²) < 4.78 is 0. The summed E-state index contributed by atoms with van der Waals surface area (Å²) in [4.78, 5) is 10.8. The van der Waals surface area contributed by atoms with Gasteiger partial charge in [0.05, 0.1) is 0 Å². The second kappa shape index (κ2) is 7.07. The number of thioether (sulfide) groups is 1. The molecule has 2 aliphatic carbocycles. The van der Waals surface area contributed by atoms with E-state index in [0.717, 1.165) is 23.2 Å². The summed E-state index contributed by atoms with van der Waals surface area (Å²) >= 11 is 2.19. The van der Waals surface area contributed by atoms with Crippen LogP contribution in [-0.4, -0.2) is 34.6 Å². The van der Waals surface area contributed by atoms with Crippen molar-refractivity contribution in [3.63, 3.8) is 0 Å². The Hall–Kier alpha value is -0.970. The Morgan fingerprint density at radius 1 is 1.09 bits per heavy atom. The maximum Gasteiger partial charge on any atom is 0.137 e. The molecule has 3 rings (SSSR count). The third kappa shape index (κ3) is 3.86. The molecule has 0 amide bonds. The molecule has 0 bridgehead atoms. The van der Waals surface area contributed by atoms with Gasteiger partial charge in [0.1, 0.15) is 18.0 Å².